The van der Waals surface area contributed by atoms with Gasteiger partial charge in [0.2, 0.25) is 0 Å². The molecule has 0 saturated heterocycles. The molecule has 122 valence electrons. The molecular formula is C19H13FN4O. The zero-order valence-electron chi connectivity index (χ0n) is 13.1. The van der Waals surface area contributed by atoms with Crippen LogP contribution in [0, 0.1) is 5.82 Å². The van der Waals surface area contributed by atoms with Crippen LogP contribution in [0.3, 0.4) is 0 Å². The summed E-state index contributed by atoms with van der Waals surface area (Å²) in [5.41, 5.74) is 1.90. The number of nitrogens with zero attached hydrogens (tertiary/aromatic N) is 4. The molecule has 4 rings (SSSR count). The van der Waals surface area contributed by atoms with Gasteiger partial charge in [-0.2, -0.15) is 0 Å². The molecule has 0 aliphatic carbocycles. The lowest BCUT2D eigenvalue weighted by atomic mass is 10.1. The number of hydrogen-bond donors (Lipinski definition) is 0. The predicted octanol–water partition coefficient (Wildman–Crippen LogP) is 3.04. The van der Waals surface area contributed by atoms with Crippen molar-refractivity contribution < 1.29 is 4.39 Å². The molecule has 0 bridgehead atoms. The molecule has 0 N–H and O–H groups in total. The average molecular weight is 332 g/mol. The van der Waals surface area contributed by atoms with Crippen molar-refractivity contribution in [3.05, 3.63) is 89.0 Å². The molecule has 3 aromatic heterocycles. The maximum atomic E-state index is 14.0. The first-order valence-electron chi connectivity index (χ1n) is 7.73. The summed E-state index contributed by atoms with van der Waals surface area (Å²) in [6.07, 6.45) is 3.15. The number of benzene rings is 1. The predicted molar refractivity (Wildman–Crippen MR) is 92.5 cm³/mol. The number of aromatic nitrogens is 4. The SMILES string of the molecule is O=c1c2nc(-c3ccccc3F)ccc2ncn1Cc1ccccn1. The van der Waals surface area contributed by atoms with Gasteiger partial charge >= 0.3 is 0 Å². The molecular weight excluding hydrogens is 319 g/mol. The van der Waals surface area contributed by atoms with Gasteiger partial charge in [0.25, 0.3) is 5.56 Å². The number of hydrogen-bond acceptors (Lipinski definition) is 4. The van der Waals surface area contributed by atoms with Crippen LogP contribution in [0.1, 0.15) is 5.69 Å². The molecule has 5 nitrogen and oxygen atoms in total. The molecule has 0 fully saturated rings. The molecule has 25 heavy (non-hydrogen) atoms. The van der Waals surface area contributed by atoms with Crippen molar-refractivity contribution >= 4 is 11.0 Å². The highest BCUT2D eigenvalue weighted by Gasteiger charge is 2.11. The van der Waals surface area contributed by atoms with Gasteiger partial charge in [0.15, 0.2) is 5.52 Å². The van der Waals surface area contributed by atoms with E-state index in [0.717, 1.165) is 5.69 Å². The Bertz CT molecular complexity index is 1110. The normalized spacial score (nSPS) is 10.9. The summed E-state index contributed by atoms with van der Waals surface area (Å²) in [4.78, 5) is 25.6. The highest BCUT2D eigenvalue weighted by atomic mass is 19.1. The third kappa shape index (κ3) is 2.89. The number of rotatable bonds is 3. The number of pyridine rings is 2. The quantitative estimate of drug-likeness (QED) is 0.578. The van der Waals surface area contributed by atoms with Crippen molar-refractivity contribution in [3.8, 4) is 11.3 Å². The Morgan fingerprint density at radius 3 is 2.60 bits per heavy atom. The summed E-state index contributed by atoms with van der Waals surface area (Å²) in [5, 5.41) is 0. The lowest BCUT2D eigenvalue weighted by Gasteiger charge is -2.07. The van der Waals surface area contributed by atoms with Gasteiger partial charge in [-0.3, -0.25) is 14.3 Å². The van der Waals surface area contributed by atoms with E-state index in [2.05, 4.69) is 15.0 Å². The van der Waals surface area contributed by atoms with Crippen LogP contribution in [0.2, 0.25) is 0 Å². The fraction of sp³-hybridized carbons (Fsp3) is 0.0526. The van der Waals surface area contributed by atoms with Gasteiger partial charge in [-0.1, -0.05) is 18.2 Å². The van der Waals surface area contributed by atoms with Crippen molar-refractivity contribution in [2.45, 2.75) is 6.54 Å². The molecule has 0 unspecified atom stereocenters. The third-order valence-corrected chi connectivity index (χ3v) is 3.88. The average Bonchev–Trinajstić information content (AvgIpc) is 2.65. The lowest BCUT2D eigenvalue weighted by molar-refractivity contribution is 0.631. The van der Waals surface area contributed by atoms with Gasteiger partial charge in [-0.15, -0.1) is 0 Å². The van der Waals surface area contributed by atoms with Crippen LogP contribution in [0.25, 0.3) is 22.3 Å². The van der Waals surface area contributed by atoms with Gasteiger partial charge in [0, 0.05) is 11.8 Å². The van der Waals surface area contributed by atoms with Crippen LogP contribution in [-0.4, -0.2) is 19.5 Å². The molecule has 1 aromatic carbocycles. The van der Waals surface area contributed by atoms with Crippen molar-refractivity contribution in [1.82, 2.24) is 19.5 Å². The van der Waals surface area contributed by atoms with Crippen LogP contribution in [0.4, 0.5) is 4.39 Å². The van der Waals surface area contributed by atoms with Crippen LogP contribution >= 0.6 is 0 Å². The van der Waals surface area contributed by atoms with Crippen molar-refractivity contribution in [1.29, 1.82) is 0 Å². The zero-order chi connectivity index (χ0) is 17.2. The van der Waals surface area contributed by atoms with Gasteiger partial charge in [-0.05, 0) is 36.4 Å². The molecule has 0 amide bonds. The second-order valence-corrected chi connectivity index (χ2v) is 5.54. The Hall–Kier alpha value is -3.41. The molecule has 0 aliphatic heterocycles. The summed E-state index contributed by atoms with van der Waals surface area (Å²) in [7, 11) is 0. The fourth-order valence-corrected chi connectivity index (χ4v) is 2.63. The first-order chi connectivity index (χ1) is 12.2. The summed E-state index contributed by atoms with van der Waals surface area (Å²) >= 11 is 0. The topological polar surface area (TPSA) is 60.7 Å². The summed E-state index contributed by atoms with van der Waals surface area (Å²) in [5.74, 6) is -0.382. The third-order valence-electron chi connectivity index (χ3n) is 3.88. The minimum Gasteiger partial charge on any atom is -0.291 e. The highest BCUT2D eigenvalue weighted by molar-refractivity contribution is 5.77. The van der Waals surface area contributed by atoms with Crippen molar-refractivity contribution in [3.63, 3.8) is 0 Å². The van der Waals surface area contributed by atoms with E-state index in [9.17, 15) is 9.18 Å². The smallest absolute Gasteiger partial charge is 0.280 e. The summed E-state index contributed by atoms with van der Waals surface area (Å²) in [6.45, 7) is 0.300. The Labute approximate surface area is 142 Å². The van der Waals surface area contributed by atoms with Crippen LogP contribution < -0.4 is 5.56 Å². The van der Waals surface area contributed by atoms with Crippen LogP contribution in [0.5, 0.6) is 0 Å². The molecule has 0 atom stereocenters. The Morgan fingerprint density at radius 2 is 1.80 bits per heavy atom. The first kappa shape index (κ1) is 15.1. The maximum Gasteiger partial charge on any atom is 0.280 e. The summed E-state index contributed by atoms with van der Waals surface area (Å²) < 4.78 is 15.4. The van der Waals surface area contributed by atoms with Crippen molar-refractivity contribution in [2.75, 3.05) is 0 Å². The van der Waals surface area contributed by atoms with Gasteiger partial charge < -0.3 is 0 Å². The molecule has 4 aromatic rings. The van der Waals surface area contributed by atoms with E-state index in [1.807, 2.05) is 18.2 Å². The minimum absolute atomic E-state index is 0.208. The van der Waals surface area contributed by atoms with Crippen LogP contribution in [0.15, 0.2) is 71.9 Å². The Kier molecular flexibility index (Phi) is 3.78. The molecule has 0 aliphatic rings. The van der Waals surface area contributed by atoms with E-state index in [-0.39, 0.29) is 16.9 Å². The maximum absolute atomic E-state index is 14.0. The second kappa shape index (κ2) is 6.24. The van der Waals surface area contributed by atoms with E-state index in [1.54, 1.807) is 36.5 Å². The van der Waals surface area contributed by atoms with E-state index in [0.29, 0.717) is 23.3 Å². The highest BCUT2D eigenvalue weighted by Crippen LogP contribution is 2.21. The Balaban J connectivity index is 1.83. The summed E-state index contributed by atoms with van der Waals surface area (Å²) in [6, 6.07) is 15.2. The molecule has 3 heterocycles. The van der Waals surface area contributed by atoms with Crippen molar-refractivity contribution in [2.24, 2.45) is 0 Å². The number of halogens is 1. The van der Waals surface area contributed by atoms with E-state index in [1.165, 1.54) is 17.0 Å². The van der Waals surface area contributed by atoms with Crippen LogP contribution in [-0.2, 0) is 6.54 Å². The fourth-order valence-electron chi connectivity index (χ4n) is 2.63. The largest absolute Gasteiger partial charge is 0.291 e. The zero-order valence-corrected chi connectivity index (χ0v) is 13.1. The Morgan fingerprint density at radius 1 is 0.960 bits per heavy atom. The van der Waals surface area contributed by atoms with E-state index >= 15 is 0 Å². The minimum atomic E-state index is -0.382. The molecule has 0 saturated carbocycles. The number of fused-ring (bicyclic) bond motifs is 1. The first-order valence-corrected chi connectivity index (χ1v) is 7.73. The molecule has 0 radical (unpaired) electrons. The van der Waals surface area contributed by atoms with Gasteiger partial charge in [-0.25, -0.2) is 14.4 Å². The lowest BCUT2D eigenvalue weighted by Crippen LogP contribution is -2.22. The van der Waals surface area contributed by atoms with Gasteiger partial charge in [0.05, 0.1) is 29.8 Å². The van der Waals surface area contributed by atoms with E-state index in [4.69, 9.17) is 0 Å². The molecule has 0 spiro atoms. The standard InChI is InChI=1S/C19H13FN4O/c20-15-7-2-1-6-14(15)16-8-9-17-18(23-16)19(25)24(12-22-17)11-13-5-3-4-10-21-13/h1-10,12H,11H2. The van der Waals surface area contributed by atoms with E-state index < -0.39 is 0 Å². The molecule has 6 heteroatoms. The second-order valence-electron chi connectivity index (χ2n) is 5.54. The van der Waals surface area contributed by atoms with Gasteiger partial charge in [0.1, 0.15) is 5.82 Å². The monoisotopic (exact) mass is 332 g/mol.